The Morgan fingerprint density at radius 3 is 2.62 bits per heavy atom. The molecule has 10 heteroatoms. The molecule has 176 valence electrons. The number of amides is 2. The van der Waals surface area contributed by atoms with E-state index in [1.54, 1.807) is 30.5 Å². The van der Waals surface area contributed by atoms with Crippen molar-refractivity contribution in [2.75, 3.05) is 31.7 Å². The summed E-state index contributed by atoms with van der Waals surface area (Å²) in [5.41, 5.74) is 1.15. The molecule has 0 spiro atoms. The van der Waals surface area contributed by atoms with Crippen molar-refractivity contribution in [1.29, 1.82) is 0 Å². The molecule has 0 bridgehead atoms. The summed E-state index contributed by atoms with van der Waals surface area (Å²) in [6, 6.07) is 8.66. The molecule has 3 aromatic rings. The van der Waals surface area contributed by atoms with Crippen LogP contribution in [-0.4, -0.2) is 49.6 Å². The first-order chi connectivity index (χ1) is 16.6. The molecule has 2 amide bonds. The first kappa shape index (κ1) is 21.1. The number of halogens is 1. The third kappa shape index (κ3) is 4.24. The zero-order chi connectivity index (χ0) is 23.1. The van der Waals surface area contributed by atoms with Gasteiger partial charge in [-0.3, -0.25) is 4.98 Å². The number of nitrogens with one attached hydrogen (secondary N) is 2. The summed E-state index contributed by atoms with van der Waals surface area (Å²) >= 11 is 6.41. The lowest BCUT2D eigenvalue weighted by Gasteiger charge is -2.29. The number of rotatable bonds is 6. The van der Waals surface area contributed by atoms with Gasteiger partial charge in [0.25, 0.3) is 0 Å². The number of pyridine rings is 1. The number of ether oxygens (including phenoxy) is 5. The van der Waals surface area contributed by atoms with Crippen LogP contribution in [0.25, 0.3) is 10.9 Å². The highest BCUT2D eigenvalue weighted by atomic mass is 35.5. The maximum absolute atomic E-state index is 12.0. The molecule has 3 aliphatic rings. The number of carbonyl (C=O) groups is 1. The van der Waals surface area contributed by atoms with E-state index in [1.807, 2.05) is 6.07 Å². The molecule has 34 heavy (non-hydrogen) atoms. The Kier molecular flexibility index (Phi) is 5.43. The van der Waals surface area contributed by atoms with E-state index in [9.17, 15) is 4.79 Å². The minimum absolute atomic E-state index is 0.0212. The smallest absolute Gasteiger partial charge is 0.319 e. The van der Waals surface area contributed by atoms with Crippen LogP contribution in [0.1, 0.15) is 12.8 Å². The topological polar surface area (TPSA) is 100 Å². The number of benzene rings is 2. The van der Waals surface area contributed by atoms with Gasteiger partial charge in [-0.2, -0.15) is 0 Å². The predicted octanol–water partition coefficient (Wildman–Crippen LogP) is 4.51. The number of anilines is 1. The molecule has 1 aliphatic carbocycles. The Morgan fingerprint density at radius 1 is 1.06 bits per heavy atom. The summed E-state index contributed by atoms with van der Waals surface area (Å²) in [5.74, 6) is 2.67. The molecular weight excluding hydrogens is 462 g/mol. The van der Waals surface area contributed by atoms with Crippen LogP contribution in [0.4, 0.5) is 10.5 Å². The van der Waals surface area contributed by atoms with E-state index in [0.29, 0.717) is 76.8 Å². The zero-order valence-electron chi connectivity index (χ0n) is 18.1. The zero-order valence-corrected chi connectivity index (χ0v) is 18.9. The molecule has 1 aromatic heterocycles. The van der Waals surface area contributed by atoms with Gasteiger partial charge in [0.15, 0.2) is 11.5 Å². The summed E-state index contributed by atoms with van der Waals surface area (Å²) in [6.07, 6.45) is 3.65. The average Bonchev–Trinajstić information content (AvgIpc) is 3.62. The van der Waals surface area contributed by atoms with Gasteiger partial charge in [0.1, 0.15) is 30.8 Å². The Labute approximate surface area is 200 Å². The Morgan fingerprint density at radius 2 is 1.88 bits per heavy atom. The predicted molar refractivity (Wildman–Crippen MR) is 125 cm³/mol. The lowest BCUT2D eigenvalue weighted by Crippen LogP contribution is -2.38. The number of fused-ring (bicyclic) bond motifs is 3. The van der Waals surface area contributed by atoms with E-state index >= 15 is 0 Å². The second-order valence-electron chi connectivity index (χ2n) is 8.33. The number of nitrogens with zero attached hydrogens (tertiary/aromatic N) is 1. The first-order valence-corrected chi connectivity index (χ1v) is 11.5. The highest BCUT2D eigenvalue weighted by Crippen LogP contribution is 2.49. The maximum atomic E-state index is 12.0. The molecule has 2 aromatic carbocycles. The van der Waals surface area contributed by atoms with Crippen LogP contribution in [0.2, 0.25) is 5.02 Å². The van der Waals surface area contributed by atoms with E-state index in [-0.39, 0.29) is 18.2 Å². The minimum Gasteiger partial charge on any atom is -0.485 e. The summed E-state index contributed by atoms with van der Waals surface area (Å²) < 4.78 is 29.3. The number of aromatic nitrogens is 1. The Bertz CT molecular complexity index is 1260. The van der Waals surface area contributed by atoms with Gasteiger partial charge in [-0.15, -0.1) is 0 Å². The average molecular weight is 484 g/mol. The number of hydrogen-bond donors (Lipinski definition) is 2. The maximum Gasteiger partial charge on any atom is 0.319 e. The molecule has 6 rings (SSSR count). The van der Waals surface area contributed by atoms with Gasteiger partial charge in [-0.25, -0.2) is 4.79 Å². The molecule has 2 N–H and O–H groups in total. The van der Waals surface area contributed by atoms with E-state index in [4.69, 9.17) is 35.3 Å². The molecule has 1 saturated heterocycles. The SMILES string of the molecule is O=C(Nc1ccc(Oc2ccnc3cc(OC4COC4)c4c(c23)OCCO4)cc1Cl)NC1CC1. The van der Waals surface area contributed by atoms with Crippen molar-refractivity contribution in [3.8, 4) is 28.7 Å². The van der Waals surface area contributed by atoms with Crippen LogP contribution in [0.3, 0.4) is 0 Å². The van der Waals surface area contributed by atoms with Crippen LogP contribution in [-0.2, 0) is 4.74 Å². The second kappa shape index (κ2) is 8.73. The fourth-order valence-electron chi connectivity index (χ4n) is 3.77. The first-order valence-electron chi connectivity index (χ1n) is 11.1. The van der Waals surface area contributed by atoms with Gasteiger partial charge in [0.2, 0.25) is 5.75 Å². The number of hydrogen-bond acceptors (Lipinski definition) is 7. The highest BCUT2D eigenvalue weighted by Gasteiger charge is 2.28. The van der Waals surface area contributed by atoms with E-state index < -0.39 is 0 Å². The van der Waals surface area contributed by atoms with Crippen molar-refractivity contribution in [2.24, 2.45) is 0 Å². The van der Waals surface area contributed by atoms with Crippen molar-refractivity contribution in [2.45, 2.75) is 25.0 Å². The summed E-state index contributed by atoms with van der Waals surface area (Å²) in [7, 11) is 0. The molecule has 2 aliphatic heterocycles. The molecule has 9 nitrogen and oxygen atoms in total. The molecule has 0 atom stereocenters. The summed E-state index contributed by atoms with van der Waals surface area (Å²) in [4.78, 5) is 16.5. The normalized spacial score (nSPS) is 17.1. The summed E-state index contributed by atoms with van der Waals surface area (Å²) in [6.45, 7) is 1.91. The Balaban J connectivity index is 1.29. The van der Waals surface area contributed by atoms with Crippen LogP contribution in [0, 0.1) is 0 Å². The molecule has 3 heterocycles. The van der Waals surface area contributed by atoms with Crippen molar-refractivity contribution in [3.05, 3.63) is 41.6 Å². The monoisotopic (exact) mass is 483 g/mol. The van der Waals surface area contributed by atoms with Gasteiger partial charge in [-0.1, -0.05) is 11.6 Å². The van der Waals surface area contributed by atoms with Crippen molar-refractivity contribution in [3.63, 3.8) is 0 Å². The lowest BCUT2D eigenvalue weighted by molar-refractivity contribution is -0.0807. The molecule has 2 fully saturated rings. The largest absolute Gasteiger partial charge is 0.485 e. The van der Waals surface area contributed by atoms with E-state index in [0.717, 1.165) is 12.8 Å². The number of urea groups is 1. The second-order valence-corrected chi connectivity index (χ2v) is 8.73. The van der Waals surface area contributed by atoms with E-state index in [1.165, 1.54) is 0 Å². The van der Waals surface area contributed by atoms with Gasteiger partial charge >= 0.3 is 6.03 Å². The molecule has 0 unspecified atom stereocenters. The van der Waals surface area contributed by atoms with Gasteiger partial charge in [0.05, 0.1) is 34.8 Å². The molecule has 1 saturated carbocycles. The van der Waals surface area contributed by atoms with Crippen LogP contribution in [0.15, 0.2) is 36.5 Å². The molecular formula is C24H22ClN3O6. The van der Waals surface area contributed by atoms with Crippen molar-refractivity contribution < 1.29 is 28.5 Å². The lowest BCUT2D eigenvalue weighted by atomic mass is 10.1. The minimum atomic E-state index is -0.270. The molecule has 0 radical (unpaired) electrons. The third-order valence-corrected chi connectivity index (χ3v) is 5.99. The number of carbonyl (C=O) groups excluding carboxylic acids is 1. The van der Waals surface area contributed by atoms with Crippen molar-refractivity contribution >= 4 is 34.2 Å². The van der Waals surface area contributed by atoms with Gasteiger partial charge < -0.3 is 34.3 Å². The van der Waals surface area contributed by atoms with Gasteiger partial charge in [-0.05, 0) is 31.0 Å². The fourth-order valence-corrected chi connectivity index (χ4v) is 3.99. The van der Waals surface area contributed by atoms with Crippen LogP contribution in [0.5, 0.6) is 28.7 Å². The van der Waals surface area contributed by atoms with Crippen LogP contribution < -0.4 is 29.6 Å². The van der Waals surface area contributed by atoms with E-state index in [2.05, 4.69) is 15.6 Å². The van der Waals surface area contributed by atoms with Gasteiger partial charge in [0, 0.05) is 24.4 Å². The summed E-state index contributed by atoms with van der Waals surface area (Å²) in [5, 5.41) is 6.67. The standard InChI is InChI=1S/C24H22ClN3O6/c25-16-9-14(3-4-17(16)28-24(29)27-13-1-2-13)33-19-5-6-26-18-10-20(34-15-11-30-12-15)22-23(21(18)19)32-8-7-31-22/h3-6,9-10,13,15H,1-2,7-8,11-12H2,(H2,27,28,29). The quantitative estimate of drug-likeness (QED) is 0.532. The van der Waals surface area contributed by atoms with Crippen molar-refractivity contribution in [1.82, 2.24) is 10.3 Å². The fraction of sp³-hybridized carbons (Fsp3) is 0.333. The third-order valence-electron chi connectivity index (χ3n) is 5.67. The highest BCUT2D eigenvalue weighted by molar-refractivity contribution is 6.33. The van der Waals surface area contributed by atoms with Crippen LogP contribution >= 0.6 is 11.6 Å². The Hall–Kier alpha value is -3.43.